The number of carbonyl (C=O) groups excluding carboxylic acids is 1. The maximum absolute atomic E-state index is 11.2. The average molecular weight is 391 g/mol. The molecule has 8 heteroatoms. The molecule has 3 aromatic rings. The zero-order valence-corrected chi connectivity index (χ0v) is 16.2. The fourth-order valence-corrected chi connectivity index (χ4v) is 4.32. The van der Waals surface area contributed by atoms with Gasteiger partial charge in [0.05, 0.1) is 4.88 Å². The number of hydrogen-bond donors (Lipinski definition) is 1. The minimum Gasteiger partial charge on any atom is -0.370 e. The minimum atomic E-state index is -0.325. The molecule has 0 aliphatic rings. The second-order valence-electron chi connectivity index (χ2n) is 5.29. The Balaban J connectivity index is 1.78. The molecule has 1 aromatic carbocycles. The average Bonchev–Trinajstić information content (AvgIpc) is 3.27. The molecule has 1 amide bonds. The summed E-state index contributed by atoms with van der Waals surface area (Å²) in [4.78, 5) is 13.5. The molecule has 0 saturated carbocycles. The van der Waals surface area contributed by atoms with Crippen LogP contribution in [0.2, 0.25) is 0 Å². The van der Waals surface area contributed by atoms with Gasteiger partial charge in [-0.15, -0.1) is 33.3 Å². The number of hydrogen-bond acceptors (Lipinski definition) is 6. The Morgan fingerprint density at radius 1 is 1.24 bits per heavy atom. The molecule has 0 aliphatic heterocycles. The largest absolute Gasteiger partial charge is 0.370 e. The number of carbonyl (C=O) groups is 1. The van der Waals surface area contributed by atoms with Crippen molar-refractivity contribution < 1.29 is 4.79 Å². The highest BCUT2D eigenvalue weighted by Crippen LogP contribution is 2.29. The van der Waals surface area contributed by atoms with Crippen LogP contribution in [0.5, 0.6) is 0 Å². The highest BCUT2D eigenvalue weighted by molar-refractivity contribution is 7.98. The molecule has 0 bridgehead atoms. The first kappa shape index (κ1) is 18.0. The fourth-order valence-electron chi connectivity index (χ4n) is 2.28. The fraction of sp³-hybridized carbons (Fsp3) is 0.235. The highest BCUT2D eigenvalue weighted by atomic mass is 32.2. The lowest BCUT2D eigenvalue weighted by Crippen LogP contribution is -2.14. The molecule has 2 N–H and O–H groups in total. The van der Waals surface area contributed by atoms with Gasteiger partial charge in [-0.25, -0.2) is 0 Å². The van der Waals surface area contributed by atoms with E-state index < -0.39 is 0 Å². The standard InChI is InChI=1S/C17H18N4OS3/c1-23-13-6-4-12(5-7-13)11-25-17-20-19-16(14-3-2-10-24-14)21(17)9-8-15(18)22/h2-7,10H,8-9,11H2,1H3,(H2,18,22). The van der Waals surface area contributed by atoms with Gasteiger partial charge in [-0.2, -0.15) is 0 Å². The van der Waals surface area contributed by atoms with E-state index in [9.17, 15) is 4.79 Å². The van der Waals surface area contributed by atoms with E-state index in [1.165, 1.54) is 10.5 Å². The first-order chi connectivity index (χ1) is 12.2. The Morgan fingerprint density at radius 2 is 2.04 bits per heavy atom. The molecule has 2 aromatic heterocycles. The van der Waals surface area contributed by atoms with E-state index in [2.05, 4.69) is 40.7 Å². The smallest absolute Gasteiger partial charge is 0.219 e. The van der Waals surface area contributed by atoms with E-state index in [4.69, 9.17) is 5.73 Å². The van der Waals surface area contributed by atoms with Crippen LogP contribution in [0, 0.1) is 0 Å². The Morgan fingerprint density at radius 3 is 2.68 bits per heavy atom. The van der Waals surface area contributed by atoms with Crippen LogP contribution < -0.4 is 5.73 Å². The lowest BCUT2D eigenvalue weighted by molar-refractivity contribution is -0.118. The van der Waals surface area contributed by atoms with Crippen molar-refractivity contribution in [3.8, 4) is 10.7 Å². The second kappa shape index (κ2) is 8.55. The van der Waals surface area contributed by atoms with E-state index in [1.807, 2.05) is 22.1 Å². The third kappa shape index (κ3) is 4.65. The second-order valence-corrected chi connectivity index (χ2v) is 8.06. The Kier molecular flexibility index (Phi) is 6.17. The molecular formula is C17H18N4OS3. The lowest BCUT2D eigenvalue weighted by Gasteiger charge is -2.08. The third-order valence-electron chi connectivity index (χ3n) is 3.57. The molecule has 0 spiro atoms. The van der Waals surface area contributed by atoms with Crippen LogP contribution in [0.1, 0.15) is 12.0 Å². The molecule has 2 heterocycles. The molecule has 0 aliphatic carbocycles. The number of benzene rings is 1. The van der Waals surface area contributed by atoms with Crippen molar-refractivity contribution in [1.29, 1.82) is 0 Å². The molecule has 0 saturated heterocycles. The van der Waals surface area contributed by atoms with E-state index in [0.29, 0.717) is 6.54 Å². The van der Waals surface area contributed by atoms with Crippen molar-refractivity contribution in [1.82, 2.24) is 14.8 Å². The van der Waals surface area contributed by atoms with Crippen LogP contribution in [0.4, 0.5) is 0 Å². The van der Waals surface area contributed by atoms with Gasteiger partial charge in [0.2, 0.25) is 5.91 Å². The number of thiophene rings is 1. The number of nitrogens with two attached hydrogens (primary N) is 1. The Hall–Kier alpha value is -1.77. The van der Waals surface area contributed by atoms with Gasteiger partial charge >= 0.3 is 0 Å². The molecule has 0 atom stereocenters. The molecule has 0 radical (unpaired) electrons. The normalized spacial score (nSPS) is 10.9. The van der Waals surface area contributed by atoms with Crippen LogP contribution in [0.3, 0.4) is 0 Å². The van der Waals surface area contributed by atoms with Crippen molar-refractivity contribution in [2.24, 2.45) is 5.73 Å². The number of rotatable bonds is 8. The maximum Gasteiger partial charge on any atom is 0.219 e. The molecule has 130 valence electrons. The third-order valence-corrected chi connectivity index (χ3v) is 6.21. The SMILES string of the molecule is CSc1ccc(CSc2nnc(-c3cccs3)n2CCC(N)=O)cc1. The van der Waals surface area contributed by atoms with E-state index in [1.54, 1.807) is 34.9 Å². The first-order valence-electron chi connectivity index (χ1n) is 7.68. The van der Waals surface area contributed by atoms with Gasteiger partial charge in [-0.3, -0.25) is 4.79 Å². The van der Waals surface area contributed by atoms with E-state index in [0.717, 1.165) is 21.6 Å². The van der Waals surface area contributed by atoms with Crippen molar-refractivity contribution in [2.45, 2.75) is 28.8 Å². The van der Waals surface area contributed by atoms with E-state index in [-0.39, 0.29) is 12.3 Å². The highest BCUT2D eigenvalue weighted by Gasteiger charge is 2.15. The van der Waals surface area contributed by atoms with Gasteiger partial charge in [0.15, 0.2) is 11.0 Å². The summed E-state index contributed by atoms with van der Waals surface area (Å²) < 4.78 is 1.98. The van der Waals surface area contributed by atoms with Gasteiger partial charge in [0.1, 0.15) is 0 Å². The summed E-state index contributed by atoms with van der Waals surface area (Å²) in [5, 5.41) is 11.5. The summed E-state index contributed by atoms with van der Waals surface area (Å²) in [5.41, 5.74) is 6.55. The predicted molar refractivity (Wildman–Crippen MR) is 105 cm³/mol. The first-order valence-corrected chi connectivity index (χ1v) is 10.8. The van der Waals surface area contributed by atoms with Gasteiger partial charge < -0.3 is 10.3 Å². The Labute approximate surface area is 159 Å². The van der Waals surface area contributed by atoms with Crippen molar-refractivity contribution in [3.63, 3.8) is 0 Å². The van der Waals surface area contributed by atoms with Crippen molar-refractivity contribution in [3.05, 3.63) is 47.3 Å². The van der Waals surface area contributed by atoms with E-state index >= 15 is 0 Å². The summed E-state index contributed by atoms with van der Waals surface area (Å²) in [5.74, 6) is 1.26. The van der Waals surface area contributed by atoms with Gasteiger partial charge in [0.25, 0.3) is 0 Å². The zero-order valence-electron chi connectivity index (χ0n) is 13.7. The van der Waals surface area contributed by atoms with Gasteiger partial charge in [0, 0.05) is 23.6 Å². The van der Waals surface area contributed by atoms with Crippen LogP contribution in [0.25, 0.3) is 10.7 Å². The molecule has 5 nitrogen and oxygen atoms in total. The number of primary amides is 1. The molecule has 25 heavy (non-hydrogen) atoms. The van der Waals surface area contributed by atoms with Gasteiger partial charge in [-0.1, -0.05) is 30.0 Å². The van der Waals surface area contributed by atoms with Crippen LogP contribution >= 0.6 is 34.9 Å². The summed E-state index contributed by atoms with van der Waals surface area (Å²) in [6.45, 7) is 0.489. The molecule has 0 fully saturated rings. The lowest BCUT2D eigenvalue weighted by atomic mass is 10.2. The molecular weight excluding hydrogens is 372 g/mol. The van der Waals surface area contributed by atoms with Crippen LogP contribution in [-0.2, 0) is 17.1 Å². The summed E-state index contributed by atoms with van der Waals surface area (Å²) in [6, 6.07) is 12.5. The summed E-state index contributed by atoms with van der Waals surface area (Å²) in [6.07, 6.45) is 2.34. The zero-order chi connectivity index (χ0) is 17.6. The number of thioether (sulfide) groups is 2. The summed E-state index contributed by atoms with van der Waals surface area (Å²) in [7, 11) is 0. The monoisotopic (exact) mass is 390 g/mol. The van der Waals surface area contributed by atoms with Crippen LogP contribution in [-0.4, -0.2) is 26.9 Å². The number of nitrogens with zero attached hydrogens (tertiary/aromatic N) is 3. The minimum absolute atomic E-state index is 0.270. The summed E-state index contributed by atoms with van der Waals surface area (Å²) >= 11 is 4.95. The maximum atomic E-state index is 11.2. The van der Waals surface area contributed by atoms with Crippen LogP contribution in [0.15, 0.2) is 51.8 Å². The predicted octanol–water partition coefficient (Wildman–Crippen LogP) is 3.90. The molecule has 3 rings (SSSR count). The van der Waals surface area contributed by atoms with Crippen molar-refractivity contribution in [2.75, 3.05) is 6.26 Å². The Bertz CT molecular complexity index is 828. The van der Waals surface area contributed by atoms with Gasteiger partial charge in [-0.05, 0) is 35.4 Å². The quantitative estimate of drug-likeness (QED) is 0.591. The molecule has 0 unspecified atom stereocenters. The number of aromatic nitrogens is 3. The number of amides is 1. The topological polar surface area (TPSA) is 73.8 Å². The van der Waals surface area contributed by atoms with Crippen molar-refractivity contribution >= 4 is 40.8 Å².